The van der Waals surface area contributed by atoms with Gasteiger partial charge in [-0.1, -0.05) is 91.0 Å². The minimum Gasteiger partial charge on any atom is -0.294 e. The first kappa shape index (κ1) is 26.9. The van der Waals surface area contributed by atoms with Gasteiger partial charge in [-0.3, -0.25) is 14.5 Å². The highest BCUT2D eigenvalue weighted by Gasteiger charge is 2.18. The van der Waals surface area contributed by atoms with E-state index < -0.39 is 0 Å². The molecule has 0 amide bonds. The molecule has 5 aromatic heterocycles. The Morgan fingerprint density at radius 2 is 1.21 bits per heavy atom. The highest BCUT2D eigenvalue weighted by Crippen LogP contribution is 2.37. The van der Waals surface area contributed by atoms with Crippen LogP contribution in [0.4, 0.5) is 0 Å². The quantitative estimate of drug-likeness (QED) is 0.197. The van der Waals surface area contributed by atoms with Crippen LogP contribution in [0.3, 0.4) is 0 Å². The van der Waals surface area contributed by atoms with Crippen molar-refractivity contribution < 1.29 is 0 Å². The topological polar surface area (TPSA) is 56.5 Å². The molecule has 0 radical (unpaired) electrons. The molecule has 220 valence electrons. The molecule has 0 aliphatic rings. The molecule has 9 rings (SSSR count). The molecular formula is C42H27N5. The van der Waals surface area contributed by atoms with E-state index in [0.717, 1.165) is 72.7 Å². The minimum absolute atomic E-state index is 0.818. The Morgan fingerprint density at radius 3 is 2.06 bits per heavy atom. The first-order valence-corrected chi connectivity index (χ1v) is 15.6. The Hall–Kier alpha value is -6.46. The van der Waals surface area contributed by atoms with E-state index in [0.29, 0.717) is 0 Å². The van der Waals surface area contributed by atoms with Gasteiger partial charge in [-0.25, -0.2) is 9.97 Å². The number of hydrogen-bond donors (Lipinski definition) is 0. The normalized spacial score (nSPS) is 11.4. The van der Waals surface area contributed by atoms with E-state index in [1.165, 1.54) is 10.8 Å². The molecule has 0 fully saturated rings. The van der Waals surface area contributed by atoms with E-state index in [4.69, 9.17) is 15.0 Å². The third-order valence-electron chi connectivity index (χ3n) is 8.74. The number of pyridine rings is 4. The van der Waals surface area contributed by atoms with Crippen LogP contribution in [0.5, 0.6) is 0 Å². The third kappa shape index (κ3) is 4.73. The first-order valence-electron chi connectivity index (χ1n) is 15.6. The van der Waals surface area contributed by atoms with Crippen LogP contribution in [0, 0.1) is 0 Å². The van der Waals surface area contributed by atoms with Gasteiger partial charge in [0.25, 0.3) is 0 Å². The van der Waals surface area contributed by atoms with E-state index in [-0.39, 0.29) is 0 Å². The standard InChI is InChI=1S/C42H27N5/c1-2-11-29(12-3-1)42-41-34-14-6-7-16-38(34)47(39(41)21-23-44-42)40-20-19-32(27-45-40)33-25-36(46-37(26-33)35-15-8-9-22-43-35)31-18-17-28-10-4-5-13-30(28)24-31/h1-27H. The minimum atomic E-state index is 0.818. The van der Waals surface area contributed by atoms with Gasteiger partial charge in [0.15, 0.2) is 0 Å². The lowest BCUT2D eigenvalue weighted by molar-refractivity contribution is 1.08. The average Bonchev–Trinajstić information content (AvgIpc) is 3.50. The number of hydrogen-bond acceptors (Lipinski definition) is 4. The van der Waals surface area contributed by atoms with Crippen LogP contribution in [0.2, 0.25) is 0 Å². The second kappa shape index (κ2) is 11.2. The lowest BCUT2D eigenvalue weighted by Crippen LogP contribution is -1.98. The van der Waals surface area contributed by atoms with Crippen LogP contribution >= 0.6 is 0 Å². The Bertz CT molecular complexity index is 2550. The van der Waals surface area contributed by atoms with Crippen molar-refractivity contribution >= 4 is 32.6 Å². The highest BCUT2D eigenvalue weighted by atomic mass is 15.1. The van der Waals surface area contributed by atoms with Crippen molar-refractivity contribution in [3.05, 3.63) is 164 Å². The number of nitrogens with zero attached hydrogens (tertiary/aromatic N) is 5. The van der Waals surface area contributed by atoms with E-state index >= 15 is 0 Å². The lowest BCUT2D eigenvalue weighted by Gasteiger charge is -2.12. The number of benzene rings is 4. The maximum Gasteiger partial charge on any atom is 0.137 e. The summed E-state index contributed by atoms with van der Waals surface area (Å²) < 4.78 is 2.23. The van der Waals surface area contributed by atoms with Crippen LogP contribution < -0.4 is 0 Å². The van der Waals surface area contributed by atoms with Crippen molar-refractivity contribution in [3.8, 4) is 50.8 Å². The van der Waals surface area contributed by atoms with Gasteiger partial charge in [-0.2, -0.15) is 0 Å². The lowest BCUT2D eigenvalue weighted by atomic mass is 10.0. The number of fused-ring (bicyclic) bond motifs is 4. The fourth-order valence-electron chi connectivity index (χ4n) is 6.50. The van der Waals surface area contributed by atoms with Gasteiger partial charge in [0.2, 0.25) is 0 Å². The maximum absolute atomic E-state index is 5.07. The number of aromatic nitrogens is 5. The monoisotopic (exact) mass is 601 g/mol. The molecule has 0 saturated carbocycles. The Morgan fingerprint density at radius 1 is 0.426 bits per heavy atom. The summed E-state index contributed by atoms with van der Waals surface area (Å²) in [4.78, 5) is 19.6. The van der Waals surface area contributed by atoms with Gasteiger partial charge in [0.1, 0.15) is 5.82 Å². The molecule has 0 N–H and O–H groups in total. The molecule has 47 heavy (non-hydrogen) atoms. The molecule has 5 nitrogen and oxygen atoms in total. The predicted octanol–water partition coefficient (Wildman–Crippen LogP) is 10.2. The molecule has 0 saturated heterocycles. The highest BCUT2D eigenvalue weighted by molar-refractivity contribution is 6.14. The molecule has 5 heterocycles. The second-order valence-electron chi connectivity index (χ2n) is 11.6. The summed E-state index contributed by atoms with van der Waals surface area (Å²) in [5.74, 6) is 0.846. The summed E-state index contributed by atoms with van der Waals surface area (Å²) in [5.41, 5.74) is 9.84. The van der Waals surface area contributed by atoms with Crippen molar-refractivity contribution in [2.45, 2.75) is 0 Å². The predicted molar refractivity (Wildman–Crippen MR) is 191 cm³/mol. The van der Waals surface area contributed by atoms with Crippen LogP contribution in [0.15, 0.2) is 164 Å². The molecular weight excluding hydrogens is 574 g/mol. The van der Waals surface area contributed by atoms with E-state index in [1.807, 2.05) is 36.7 Å². The zero-order valence-corrected chi connectivity index (χ0v) is 25.3. The summed E-state index contributed by atoms with van der Waals surface area (Å²) in [5, 5.41) is 4.65. The van der Waals surface area contributed by atoms with Crippen molar-refractivity contribution in [1.82, 2.24) is 24.5 Å². The first-order chi connectivity index (χ1) is 23.3. The van der Waals surface area contributed by atoms with Crippen molar-refractivity contribution in [2.75, 3.05) is 0 Å². The maximum atomic E-state index is 5.07. The van der Waals surface area contributed by atoms with E-state index in [9.17, 15) is 0 Å². The van der Waals surface area contributed by atoms with Crippen LogP contribution in [-0.4, -0.2) is 24.5 Å². The molecule has 5 heteroatoms. The van der Waals surface area contributed by atoms with E-state index in [2.05, 4.69) is 131 Å². The molecule has 0 unspecified atom stereocenters. The molecule has 0 atom stereocenters. The van der Waals surface area contributed by atoms with E-state index in [1.54, 1.807) is 6.20 Å². The van der Waals surface area contributed by atoms with Gasteiger partial charge in [0, 0.05) is 46.1 Å². The summed E-state index contributed by atoms with van der Waals surface area (Å²) >= 11 is 0. The fraction of sp³-hybridized carbons (Fsp3) is 0. The van der Waals surface area contributed by atoms with Gasteiger partial charge in [-0.05, 0) is 70.9 Å². The summed E-state index contributed by atoms with van der Waals surface area (Å²) in [6.45, 7) is 0. The molecule has 0 bridgehead atoms. The second-order valence-corrected chi connectivity index (χ2v) is 11.6. The smallest absolute Gasteiger partial charge is 0.137 e. The number of rotatable bonds is 5. The summed E-state index contributed by atoms with van der Waals surface area (Å²) in [6.07, 6.45) is 5.65. The van der Waals surface area contributed by atoms with Gasteiger partial charge in [0.05, 0.1) is 33.8 Å². The van der Waals surface area contributed by atoms with Gasteiger partial charge in [-0.15, -0.1) is 0 Å². The Labute approximate surface area is 271 Å². The van der Waals surface area contributed by atoms with Crippen LogP contribution in [0.1, 0.15) is 0 Å². The Kier molecular flexibility index (Phi) is 6.39. The zero-order valence-electron chi connectivity index (χ0n) is 25.3. The molecule has 4 aromatic carbocycles. The molecule has 9 aromatic rings. The molecule has 0 aliphatic heterocycles. The van der Waals surface area contributed by atoms with Crippen molar-refractivity contribution in [2.24, 2.45) is 0 Å². The fourth-order valence-corrected chi connectivity index (χ4v) is 6.50. The zero-order chi connectivity index (χ0) is 31.2. The Balaban J connectivity index is 1.18. The average molecular weight is 602 g/mol. The number of para-hydroxylation sites is 1. The SMILES string of the molecule is c1ccc(-c2nccc3c2c2ccccc2n3-c2ccc(-c3cc(-c4ccc5ccccc5c4)nc(-c4ccccn4)c3)cn2)cc1. The van der Waals surface area contributed by atoms with Crippen molar-refractivity contribution in [3.63, 3.8) is 0 Å². The van der Waals surface area contributed by atoms with Gasteiger partial charge >= 0.3 is 0 Å². The third-order valence-corrected chi connectivity index (χ3v) is 8.74. The van der Waals surface area contributed by atoms with Gasteiger partial charge < -0.3 is 0 Å². The molecule has 0 spiro atoms. The summed E-state index contributed by atoms with van der Waals surface area (Å²) in [7, 11) is 0. The van der Waals surface area contributed by atoms with Crippen LogP contribution in [0.25, 0.3) is 83.4 Å². The van der Waals surface area contributed by atoms with Crippen LogP contribution in [-0.2, 0) is 0 Å². The largest absolute Gasteiger partial charge is 0.294 e. The molecule has 0 aliphatic carbocycles. The summed E-state index contributed by atoms with van der Waals surface area (Å²) in [6, 6.07) is 50.2. The van der Waals surface area contributed by atoms with Crippen molar-refractivity contribution in [1.29, 1.82) is 0 Å².